The van der Waals surface area contributed by atoms with Gasteiger partial charge >= 0.3 is 5.97 Å². The molecule has 7 nitrogen and oxygen atoms in total. The van der Waals surface area contributed by atoms with Gasteiger partial charge in [0.15, 0.2) is 0 Å². The number of anilines is 1. The Morgan fingerprint density at radius 1 is 1.38 bits per heavy atom. The summed E-state index contributed by atoms with van der Waals surface area (Å²) in [6.45, 7) is 3.37. The first-order chi connectivity index (χ1) is 9.73. The van der Waals surface area contributed by atoms with E-state index in [0.717, 1.165) is 0 Å². The zero-order valence-corrected chi connectivity index (χ0v) is 12.8. The van der Waals surface area contributed by atoms with Crippen LogP contribution in [-0.2, 0) is 10.0 Å². The van der Waals surface area contributed by atoms with Crippen LogP contribution in [0.3, 0.4) is 0 Å². The SMILES string of the molecule is CC1CN(C)CCN1S(=O)(=O)c1ccc(N)cc1C(=O)O. The van der Waals surface area contributed by atoms with Gasteiger partial charge in [0.2, 0.25) is 10.0 Å². The number of nitrogen functional groups attached to an aromatic ring is 1. The summed E-state index contributed by atoms with van der Waals surface area (Å²) in [6, 6.07) is 3.63. The zero-order valence-electron chi connectivity index (χ0n) is 12.0. The maximum absolute atomic E-state index is 12.7. The molecule has 3 N–H and O–H groups in total. The van der Waals surface area contributed by atoms with Crippen molar-refractivity contribution in [3.8, 4) is 0 Å². The van der Waals surface area contributed by atoms with Gasteiger partial charge in [-0.15, -0.1) is 0 Å². The number of hydrogen-bond donors (Lipinski definition) is 2. The highest BCUT2D eigenvalue weighted by Gasteiger charge is 2.35. The number of rotatable bonds is 3. The molecule has 0 aromatic heterocycles. The lowest BCUT2D eigenvalue weighted by Gasteiger charge is -2.37. The average molecular weight is 313 g/mol. The molecular weight excluding hydrogens is 294 g/mol. The largest absolute Gasteiger partial charge is 0.478 e. The summed E-state index contributed by atoms with van der Waals surface area (Å²) in [7, 11) is -1.93. The number of nitrogens with zero attached hydrogens (tertiary/aromatic N) is 2. The number of carboxylic acid groups (broad SMARTS) is 1. The molecule has 0 bridgehead atoms. The normalized spacial score (nSPS) is 21.3. The van der Waals surface area contributed by atoms with Crippen LogP contribution in [0.4, 0.5) is 5.69 Å². The molecule has 0 saturated carbocycles. The predicted molar refractivity (Wildman–Crippen MR) is 78.7 cm³/mol. The molecule has 0 radical (unpaired) electrons. The van der Waals surface area contributed by atoms with Crippen molar-refractivity contribution in [2.75, 3.05) is 32.4 Å². The van der Waals surface area contributed by atoms with Crippen LogP contribution in [0.15, 0.2) is 23.1 Å². The first kappa shape index (κ1) is 15.7. The van der Waals surface area contributed by atoms with Crippen LogP contribution in [0.2, 0.25) is 0 Å². The molecular formula is C13H19N3O4S. The van der Waals surface area contributed by atoms with Gasteiger partial charge in [-0.25, -0.2) is 13.2 Å². The van der Waals surface area contributed by atoms with Gasteiger partial charge in [-0.05, 0) is 32.2 Å². The molecule has 1 saturated heterocycles. The van der Waals surface area contributed by atoms with Gasteiger partial charge in [-0.2, -0.15) is 4.31 Å². The average Bonchev–Trinajstić information content (AvgIpc) is 2.37. The first-order valence-electron chi connectivity index (χ1n) is 6.56. The fourth-order valence-corrected chi connectivity index (χ4v) is 4.33. The fourth-order valence-electron chi connectivity index (χ4n) is 2.55. The highest BCUT2D eigenvalue weighted by molar-refractivity contribution is 7.89. The molecule has 1 fully saturated rings. The summed E-state index contributed by atoms with van der Waals surface area (Å²) in [4.78, 5) is 13.1. The number of hydrogen-bond acceptors (Lipinski definition) is 5. The van der Waals surface area contributed by atoms with Crippen LogP contribution in [-0.4, -0.2) is 61.4 Å². The smallest absolute Gasteiger partial charge is 0.337 e. The molecule has 21 heavy (non-hydrogen) atoms. The molecule has 1 aliphatic heterocycles. The molecule has 2 rings (SSSR count). The number of sulfonamides is 1. The third-order valence-electron chi connectivity index (χ3n) is 3.59. The molecule has 116 valence electrons. The maximum atomic E-state index is 12.7. The number of aromatic carboxylic acids is 1. The van der Waals surface area contributed by atoms with Crippen LogP contribution < -0.4 is 5.73 Å². The first-order valence-corrected chi connectivity index (χ1v) is 8.00. The topological polar surface area (TPSA) is 104 Å². The minimum absolute atomic E-state index is 0.208. The minimum Gasteiger partial charge on any atom is -0.478 e. The lowest BCUT2D eigenvalue weighted by molar-refractivity contribution is 0.0692. The second kappa shape index (κ2) is 5.63. The summed E-state index contributed by atoms with van der Waals surface area (Å²) in [5, 5.41) is 9.21. The Labute approximate surface area is 124 Å². The summed E-state index contributed by atoms with van der Waals surface area (Å²) < 4.78 is 26.8. The molecule has 1 heterocycles. The van der Waals surface area contributed by atoms with Gasteiger partial charge in [-0.3, -0.25) is 0 Å². The lowest BCUT2D eigenvalue weighted by atomic mass is 10.2. The molecule has 1 unspecified atom stereocenters. The van der Waals surface area contributed by atoms with Crippen molar-refractivity contribution < 1.29 is 18.3 Å². The van der Waals surface area contributed by atoms with Crippen LogP contribution in [0.5, 0.6) is 0 Å². The van der Waals surface area contributed by atoms with Gasteiger partial charge in [0.25, 0.3) is 0 Å². The van der Waals surface area contributed by atoms with Gasteiger partial charge in [0.1, 0.15) is 0 Å². The summed E-state index contributed by atoms with van der Waals surface area (Å²) in [5.41, 5.74) is 5.48. The van der Waals surface area contributed by atoms with E-state index in [0.29, 0.717) is 19.6 Å². The van der Waals surface area contributed by atoms with E-state index in [2.05, 4.69) is 0 Å². The van der Waals surface area contributed by atoms with E-state index in [9.17, 15) is 18.3 Å². The van der Waals surface area contributed by atoms with E-state index < -0.39 is 16.0 Å². The maximum Gasteiger partial charge on any atom is 0.337 e. The van der Waals surface area contributed by atoms with Crippen molar-refractivity contribution >= 4 is 21.7 Å². The number of piperazine rings is 1. The number of nitrogens with two attached hydrogens (primary N) is 1. The van der Waals surface area contributed by atoms with Crippen molar-refractivity contribution in [2.24, 2.45) is 0 Å². The minimum atomic E-state index is -3.86. The van der Waals surface area contributed by atoms with Crippen LogP contribution >= 0.6 is 0 Å². The summed E-state index contributed by atoms with van der Waals surface area (Å²) in [5.74, 6) is -1.30. The second-order valence-electron chi connectivity index (χ2n) is 5.29. The van der Waals surface area contributed by atoms with Crippen molar-refractivity contribution in [1.82, 2.24) is 9.21 Å². The number of benzene rings is 1. The van der Waals surface area contributed by atoms with Crippen LogP contribution in [0.1, 0.15) is 17.3 Å². The Morgan fingerprint density at radius 2 is 2.05 bits per heavy atom. The monoisotopic (exact) mass is 313 g/mol. The Morgan fingerprint density at radius 3 is 2.62 bits per heavy atom. The Hall–Kier alpha value is -1.64. The Kier molecular flexibility index (Phi) is 4.22. The van der Waals surface area contributed by atoms with Gasteiger partial charge in [0, 0.05) is 31.4 Å². The lowest BCUT2D eigenvalue weighted by Crippen LogP contribution is -2.52. The molecule has 8 heteroatoms. The number of likely N-dealkylation sites (N-methyl/N-ethyl adjacent to an activating group) is 1. The van der Waals surface area contributed by atoms with E-state index in [1.54, 1.807) is 0 Å². The van der Waals surface area contributed by atoms with E-state index >= 15 is 0 Å². The fraction of sp³-hybridized carbons (Fsp3) is 0.462. The van der Waals surface area contributed by atoms with E-state index in [4.69, 9.17) is 5.73 Å². The third kappa shape index (κ3) is 3.02. The highest BCUT2D eigenvalue weighted by atomic mass is 32.2. The quantitative estimate of drug-likeness (QED) is 0.777. The zero-order chi connectivity index (χ0) is 15.8. The predicted octanol–water partition coefficient (Wildman–Crippen LogP) is 0.292. The Balaban J connectivity index is 2.47. The number of carbonyl (C=O) groups is 1. The van der Waals surface area contributed by atoms with Gasteiger partial charge in [-0.1, -0.05) is 0 Å². The van der Waals surface area contributed by atoms with Crippen molar-refractivity contribution in [3.05, 3.63) is 23.8 Å². The van der Waals surface area contributed by atoms with Crippen molar-refractivity contribution in [1.29, 1.82) is 0 Å². The van der Waals surface area contributed by atoms with Gasteiger partial charge in [0.05, 0.1) is 10.5 Å². The second-order valence-corrected chi connectivity index (χ2v) is 7.15. The Bertz CT molecular complexity index is 659. The van der Waals surface area contributed by atoms with Crippen LogP contribution in [0.25, 0.3) is 0 Å². The van der Waals surface area contributed by atoms with Crippen molar-refractivity contribution in [3.63, 3.8) is 0 Å². The molecule has 1 aliphatic rings. The number of carboxylic acids is 1. The summed E-state index contributed by atoms with van der Waals surface area (Å²) in [6.07, 6.45) is 0. The van der Waals surface area contributed by atoms with Gasteiger partial charge < -0.3 is 15.7 Å². The van der Waals surface area contributed by atoms with Crippen LogP contribution in [0, 0.1) is 0 Å². The van der Waals surface area contributed by atoms with E-state index in [-0.39, 0.29) is 22.2 Å². The summed E-state index contributed by atoms with van der Waals surface area (Å²) >= 11 is 0. The molecule has 1 aromatic rings. The molecule has 0 spiro atoms. The highest BCUT2D eigenvalue weighted by Crippen LogP contribution is 2.25. The van der Waals surface area contributed by atoms with E-state index in [1.165, 1.54) is 22.5 Å². The molecule has 0 amide bonds. The molecule has 1 aromatic carbocycles. The standard InChI is InChI=1S/C13H19N3O4S/c1-9-8-15(2)5-6-16(9)21(19,20)12-4-3-10(14)7-11(12)13(17)18/h3-4,7,9H,5-6,8,14H2,1-2H3,(H,17,18). The molecule has 1 atom stereocenters. The van der Waals surface area contributed by atoms with Crippen molar-refractivity contribution in [2.45, 2.75) is 17.9 Å². The molecule has 0 aliphatic carbocycles. The third-order valence-corrected chi connectivity index (χ3v) is 5.66. The van der Waals surface area contributed by atoms with E-state index in [1.807, 2.05) is 18.9 Å².